The lowest BCUT2D eigenvalue weighted by Crippen LogP contribution is -2.12. The van der Waals surface area contributed by atoms with Crippen molar-refractivity contribution in [2.45, 2.75) is 20.4 Å². The minimum Gasteiger partial charge on any atom is -0.361 e. The zero-order chi connectivity index (χ0) is 19.0. The van der Waals surface area contributed by atoms with Crippen molar-refractivity contribution in [3.05, 3.63) is 69.8 Å². The fraction of sp³-hybridized carbons (Fsp3) is 0.143. The van der Waals surface area contributed by atoms with Crippen molar-refractivity contribution in [2.75, 3.05) is 5.32 Å². The minimum atomic E-state index is -0.188. The Balaban J connectivity index is 1.81. The van der Waals surface area contributed by atoms with Gasteiger partial charge in [-0.3, -0.25) is 4.79 Å². The molecular formula is C21H20N4OS. The Morgan fingerprint density at radius 1 is 1.22 bits per heavy atom. The second-order valence-corrected chi connectivity index (χ2v) is 7.36. The Bertz CT molecular complexity index is 1130. The monoisotopic (exact) mass is 376 g/mol. The normalized spacial score (nSPS) is 11.1. The van der Waals surface area contributed by atoms with Crippen LogP contribution in [0.2, 0.25) is 0 Å². The van der Waals surface area contributed by atoms with Crippen LogP contribution in [0.3, 0.4) is 0 Å². The predicted octanol–water partition coefficient (Wildman–Crippen LogP) is 4.62. The number of amides is 1. The third kappa shape index (κ3) is 3.03. The number of aromatic amines is 1. The van der Waals surface area contributed by atoms with Crippen LogP contribution in [0.5, 0.6) is 0 Å². The number of rotatable bonds is 4. The molecule has 5 nitrogen and oxygen atoms in total. The van der Waals surface area contributed by atoms with Gasteiger partial charge in [0.2, 0.25) is 0 Å². The highest BCUT2D eigenvalue weighted by molar-refractivity contribution is 7.11. The lowest BCUT2D eigenvalue weighted by molar-refractivity contribution is 0.102. The lowest BCUT2D eigenvalue weighted by Gasteiger charge is -2.14. The molecule has 2 heterocycles. The SMILES string of the molecule is Cc1c(NC(=O)c2nccs2)cccc1-c1ccc(CN)c2[nH]cc(C)c12. The zero-order valence-electron chi connectivity index (χ0n) is 15.2. The van der Waals surface area contributed by atoms with E-state index in [0.717, 1.165) is 33.5 Å². The van der Waals surface area contributed by atoms with Crippen molar-refractivity contribution in [3.8, 4) is 11.1 Å². The molecule has 4 aromatic rings. The highest BCUT2D eigenvalue weighted by atomic mass is 32.1. The molecule has 0 spiro atoms. The summed E-state index contributed by atoms with van der Waals surface area (Å²) in [6, 6.07) is 10.1. The Morgan fingerprint density at radius 3 is 2.81 bits per heavy atom. The largest absolute Gasteiger partial charge is 0.361 e. The lowest BCUT2D eigenvalue weighted by atomic mass is 9.93. The van der Waals surface area contributed by atoms with Gasteiger partial charge in [-0.1, -0.05) is 24.3 Å². The molecular weight excluding hydrogens is 356 g/mol. The summed E-state index contributed by atoms with van der Waals surface area (Å²) in [5.41, 5.74) is 13.3. The summed E-state index contributed by atoms with van der Waals surface area (Å²) < 4.78 is 0. The molecule has 0 aliphatic carbocycles. The summed E-state index contributed by atoms with van der Waals surface area (Å²) in [7, 11) is 0. The number of fused-ring (bicyclic) bond motifs is 1. The van der Waals surface area contributed by atoms with Gasteiger partial charge in [0.1, 0.15) is 0 Å². The molecule has 0 unspecified atom stereocenters. The van der Waals surface area contributed by atoms with Crippen LogP contribution in [-0.4, -0.2) is 15.9 Å². The first-order chi connectivity index (χ1) is 13.1. The van der Waals surface area contributed by atoms with Crippen LogP contribution in [0.15, 0.2) is 48.1 Å². The van der Waals surface area contributed by atoms with Crippen LogP contribution in [-0.2, 0) is 6.54 Å². The number of hydrogen-bond donors (Lipinski definition) is 3. The van der Waals surface area contributed by atoms with Gasteiger partial charge in [0.25, 0.3) is 5.91 Å². The maximum absolute atomic E-state index is 12.4. The van der Waals surface area contributed by atoms with E-state index in [1.54, 1.807) is 11.6 Å². The van der Waals surface area contributed by atoms with Gasteiger partial charge in [0.05, 0.1) is 5.52 Å². The highest BCUT2D eigenvalue weighted by Gasteiger charge is 2.16. The Kier molecular flexibility index (Phi) is 4.51. The molecule has 0 bridgehead atoms. The Labute approximate surface area is 161 Å². The molecule has 0 fully saturated rings. The van der Waals surface area contributed by atoms with Gasteiger partial charge >= 0.3 is 0 Å². The number of anilines is 1. The quantitative estimate of drug-likeness (QED) is 0.486. The van der Waals surface area contributed by atoms with E-state index in [9.17, 15) is 4.79 Å². The van der Waals surface area contributed by atoms with Gasteiger partial charge in [-0.25, -0.2) is 4.98 Å². The van der Waals surface area contributed by atoms with Gasteiger partial charge in [-0.2, -0.15) is 0 Å². The molecule has 2 aromatic carbocycles. The molecule has 0 saturated heterocycles. The first-order valence-electron chi connectivity index (χ1n) is 8.70. The Morgan fingerprint density at radius 2 is 2.07 bits per heavy atom. The first-order valence-corrected chi connectivity index (χ1v) is 9.58. The van der Waals surface area contributed by atoms with E-state index in [0.29, 0.717) is 11.6 Å². The van der Waals surface area contributed by atoms with Gasteiger partial charge in [0.15, 0.2) is 5.01 Å². The first kappa shape index (κ1) is 17.5. The van der Waals surface area contributed by atoms with Crippen LogP contribution < -0.4 is 11.1 Å². The highest BCUT2D eigenvalue weighted by Crippen LogP contribution is 2.36. The maximum Gasteiger partial charge on any atom is 0.284 e. The Hall–Kier alpha value is -2.96. The van der Waals surface area contributed by atoms with Crippen LogP contribution in [0.25, 0.3) is 22.0 Å². The molecule has 2 aromatic heterocycles. The third-order valence-electron chi connectivity index (χ3n) is 4.84. The molecule has 4 N–H and O–H groups in total. The number of nitrogens with zero attached hydrogens (tertiary/aromatic N) is 1. The van der Waals surface area contributed by atoms with Gasteiger partial charge < -0.3 is 16.0 Å². The van der Waals surface area contributed by atoms with E-state index in [2.05, 4.69) is 40.4 Å². The summed E-state index contributed by atoms with van der Waals surface area (Å²) in [6.07, 6.45) is 3.64. The van der Waals surface area contributed by atoms with Crippen molar-refractivity contribution in [1.29, 1.82) is 0 Å². The molecule has 0 aliphatic heterocycles. The number of hydrogen-bond acceptors (Lipinski definition) is 4. The molecule has 1 amide bonds. The van der Waals surface area contributed by atoms with Gasteiger partial charge in [0, 0.05) is 35.4 Å². The van der Waals surface area contributed by atoms with Gasteiger partial charge in [-0.15, -0.1) is 11.3 Å². The number of benzene rings is 2. The summed E-state index contributed by atoms with van der Waals surface area (Å²) >= 11 is 1.33. The fourth-order valence-corrected chi connectivity index (χ4v) is 3.97. The third-order valence-corrected chi connectivity index (χ3v) is 5.61. The molecule has 4 rings (SSSR count). The molecule has 0 atom stereocenters. The average Bonchev–Trinajstić information content (AvgIpc) is 3.34. The van der Waals surface area contributed by atoms with E-state index in [1.165, 1.54) is 22.3 Å². The number of carbonyl (C=O) groups excluding carboxylic acids is 1. The van der Waals surface area contributed by atoms with Crippen molar-refractivity contribution < 1.29 is 4.79 Å². The van der Waals surface area contributed by atoms with E-state index >= 15 is 0 Å². The maximum atomic E-state index is 12.4. The molecule has 6 heteroatoms. The number of nitrogens with one attached hydrogen (secondary N) is 2. The van der Waals surface area contributed by atoms with E-state index in [-0.39, 0.29) is 5.91 Å². The molecule has 0 radical (unpaired) electrons. The van der Waals surface area contributed by atoms with E-state index < -0.39 is 0 Å². The second-order valence-electron chi connectivity index (χ2n) is 6.47. The van der Waals surface area contributed by atoms with Gasteiger partial charge in [-0.05, 0) is 47.7 Å². The second kappa shape index (κ2) is 6.98. The summed E-state index contributed by atoms with van der Waals surface area (Å²) in [4.78, 5) is 19.8. The average molecular weight is 376 g/mol. The molecule has 136 valence electrons. The van der Waals surface area contributed by atoms with Crippen LogP contribution >= 0.6 is 11.3 Å². The van der Waals surface area contributed by atoms with Crippen LogP contribution in [0.4, 0.5) is 5.69 Å². The number of thiazole rings is 1. The summed E-state index contributed by atoms with van der Waals surface area (Å²) in [5, 5.41) is 6.40. The van der Waals surface area contributed by atoms with Crippen LogP contribution in [0.1, 0.15) is 26.5 Å². The molecule has 0 saturated carbocycles. The van der Waals surface area contributed by atoms with Crippen molar-refractivity contribution >= 4 is 33.8 Å². The number of nitrogens with two attached hydrogens (primary N) is 1. The topological polar surface area (TPSA) is 83.8 Å². The number of carbonyl (C=O) groups is 1. The van der Waals surface area contributed by atoms with Crippen molar-refractivity contribution in [2.24, 2.45) is 5.73 Å². The molecule has 27 heavy (non-hydrogen) atoms. The minimum absolute atomic E-state index is 0.188. The van der Waals surface area contributed by atoms with E-state index in [4.69, 9.17) is 5.73 Å². The van der Waals surface area contributed by atoms with Crippen LogP contribution in [0, 0.1) is 13.8 Å². The van der Waals surface area contributed by atoms with Crippen molar-refractivity contribution in [3.63, 3.8) is 0 Å². The van der Waals surface area contributed by atoms with Crippen molar-refractivity contribution in [1.82, 2.24) is 9.97 Å². The summed E-state index contributed by atoms with van der Waals surface area (Å²) in [5.74, 6) is -0.188. The summed E-state index contributed by atoms with van der Waals surface area (Å²) in [6.45, 7) is 4.60. The molecule has 0 aliphatic rings. The zero-order valence-corrected chi connectivity index (χ0v) is 16.0. The number of aryl methyl sites for hydroxylation is 1. The predicted molar refractivity (Wildman–Crippen MR) is 111 cm³/mol. The van der Waals surface area contributed by atoms with E-state index in [1.807, 2.05) is 25.3 Å². The smallest absolute Gasteiger partial charge is 0.284 e. The standard InChI is InChI=1S/C21H20N4OS/c1-12-11-24-19-14(10-22)6-7-16(18(12)19)15-4-3-5-17(13(15)2)25-20(26)21-23-8-9-27-21/h3-9,11,24H,10,22H2,1-2H3,(H,25,26). The number of H-pyrrole nitrogens is 1. The number of aromatic nitrogens is 2. The fourth-order valence-electron chi connectivity index (χ4n) is 3.44.